The molecule has 1 N–H and O–H groups in total. The van der Waals surface area contributed by atoms with Gasteiger partial charge < -0.3 is 24.4 Å². The lowest BCUT2D eigenvalue weighted by atomic mass is 10.1. The highest BCUT2D eigenvalue weighted by Gasteiger charge is 2.41. The molecule has 4 aromatic rings. The number of amides is 3. The third-order valence-electron chi connectivity index (χ3n) is 8.43. The minimum Gasteiger partial charge on any atom is -0.457 e. The number of nitrogens with zero attached hydrogens (tertiary/aromatic N) is 6. The van der Waals surface area contributed by atoms with Crippen LogP contribution in [0.4, 0.5) is 4.79 Å². The zero-order valence-electron chi connectivity index (χ0n) is 25.1. The molecule has 3 fully saturated rings. The van der Waals surface area contributed by atoms with E-state index in [0.717, 1.165) is 35.4 Å². The second kappa shape index (κ2) is 11.4. The number of rotatable bonds is 9. The number of hydrogen-bond donors (Lipinski definition) is 1. The fraction of sp³-hybridized carbons (Fsp3) is 0.394. The lowest BCUT2D eigenvalue weighted by molar-refractivity contribution is -0.128. The standard InChI is InChI=1S/C33H35N7O4/c1-19(2)27-12-13-28(37-36-27)21-6-10-26(11-7-21)43-29-14-22(4-5-23(29)17-39-16-20(3)34-33(39)42)32-35-31(38-44-32)24-15-30(41)40(18-24)25-8-9-25/h4-7,10-14,19-20,24-25H,8-9,15-18H2,1-3H3,(H,34,42). The highest BCUT2D eigenvalue weighted by Crippen LogP contribution is 2.37. The van der Waals surface area contributed by atoms with Crippen LogP contribution in [0.3, 0.4) is 0 Å². The van der Waals surface area contributed by atoms with E-state index in [4.69, 9.17) is 9.26 Å². The van der Waals surface area contributed by atoms with Gasteiger partial charge in [0.15, 0.2) is 5.82 Å². The second-order valence-corrected chi connectivity index (χ2v) is 12.3. The Labute approximate surface area is 255 Å². The van der Waals surface area contributed by atoms with Gasteiger partial charge in [-0.3, -0.25) is 4.79 Å². The average Bonchev–Trinajstić information content (AvgIpc) is 3.45. The number of nitrogens with one attached hydrogen (secondary N) is 1. The number of carbonyl (C=O) groups excluding carboxylic acids is 2. The first-order valence-corrected chi connectivity index (χ1v) is 15.2. The van der Waals surface area contributed by atoms with E-state index < -0.39 is 0 Å². The molecule has 11 heteroatoms. The van der Waals surface area contributed by atoms with Crippen molar-refractivity contribution in [2.45, 2.75) is 70.5 Å². The molecule has 2 aliphatic heterocycles. The van der Waals surface area contributed by atoms with Crippen LogP contribution in [0.2, 0.25) is 0 Å². The molecule has 7 rings (SSSR count). The third-order valence-corrected chi connectivity index (χ3v) is 8.43. The molecule has 0 bridgehead atoms. The van der Waals surface area contributed by atoms with E-state index in [2.05, 4.69) is 39.5 Å². The van der Waals surface area contributed by atoms with Gasteiger partial charge >= 0.3 is 6.03 Å². The number of aromatic nitrogens is 4. The van der Waals surface area contributed by atoms with Gasteiger partial charge in [0.1, 0.15) is 11.5 Å². The maximum absolute atomic E-state index is 12.5. The summed E-state index contributed by atoms with van der Waals surface area (Å²) < 4.78 is 12.1. The molecule has 1 aliphatic carbocycles. The van der Waals surface area contributed by atoms with Gasteiger partial charge in [-0.1, -0.05) is 25.1 Å². The van der Waals surface area contributed by atoms with E-state index in [9.17, 15) is 9.59 Å². The molecule has 226 valence electrons. The van der Waals surface area contributed by atoms with Crippen molar-refractivity contribution in [3.63, 3.8) is 0 Å². The third kappa shape index (κ3) is 5.73. The summed E-state index contributed by atoms with van der Waals surface area (Å²) in [6.07, 6.45) is 2.55. The Morgan fingerprint density at radius 1 is 1.00 bits per heavy atom. The largest absolute Gasteiger partial charge is 0.457 e. The number of hydrogen-bond acceptors (Lipinski definition) is 8. The molecule has 11 nitrogen and oxygen atoms in total. The summed E-state index contributed by atoms with van der Waals surface area (Å²) in [7, 11) is 0. The summed E-state index contributed by atoms with van der Waals surface area (Å²) in [4.78, 5) is 33.4. The maximum atomic E-state index is 12.5. The SMILES string of the molecule is CC1CN(Cc2ccc(-c3nc(C4CC(=O)N(C5CC5)C4)no3)cc2Oc2ccc(-c3ccc(C(C)C)nn3)cc2)C(=O)N1. The Bertz CT molecular complexity index is 1680. The highest BCUT2D eigenvalue weighted by atomic mass is 16.5. The number of carbonyl (C=O) groups is 2. The average molecular weight is 594 g/mol. The first-order valence-electron chi connectivity index (χ1n) is 15.2. The van der Waals surface area contributed by atoms with Crippen LogP contribution >= 0.6 is 0 Å². The number of urea groups is 1. The van der Waals surface area contributed by atoms with Gasteiger partial charge in [-0.25, -0.2) is 4.79 Å². The summed E-state index contributed by atoms with van der Waals surface area (Å²) >= 11 is 0. The maximum Gasteiger partial charge on any atom is 0.318 e. The molecule has 0 radical (unpaired) electrons. The van der Waals surface area contributed by atoms with E-state index in [1.54, 1.807) is 4.90 Å². The Balaban J connectivity index is 1.14. The molecule has 0 spiro atoms. The molecule has 4 heterocycles. The van der Waals surface area contributed by atoms with Crippen molar-refractivity contribution in [2.75, 3.05) is 13.1 Å². The van der Waals surface area contributed by atoms with Crippen LogP contribution in [0.5, 0.6) is 11.5 Å². The van der Waals surface area contributed by atoms with E-state index in [0.29, 0.717) is 66.8 Å². The number of ether oxygens (including phenoxy) is 1. The molecule has 2 saturated heterocycles. The van der Waals surface area contributed by atoms with Crippen molar-refractivity contribution < 1.29 is 18.8 Å². The van der Waals surface area contributed by atoms with E-state index in [-0.39, 0.29) is 23.9 Å². The predicted octanol–water partition coefficient (Wildman–Crippen LogP) is 5.50. The predicted molar refractivity (Wildman–Crippen MR) is 162 cm³/mol. The van der Waals surface area contributed by atoms with Crippen LogP contribution in [-0.4, -0.2) is 67.2 Å². The smallest absolute Gasteiger partial charge is 0.318 e. The first-order chi connectivity index (χ1) is 21.3. The van der Waals surface area contributed by atoms with E-state index in [1.807, 2.05) is 66.4 Å². The van der Waals surface area contributed by atoms with Crippen LogP contribution in [0, 0.1) is 0 Å². The summed E-state index contributed by atoms with van der Waals surface area (Å²) in [5.74, 6) is 2.53. The van der Waals surface area contributed by atoms with Gasteiger partial charge in [0.25, 0.3) is 5.89 Å². The number of benzene rings is 2. The molecular formula is C33H35N7O4. The summed E-state index contributed by atoms with van der Waals surface area (Å²) in [5, 5.41) is 15.9. The van der Waals surface area contributed by atoms with E-state index >= 15 is 0 Å². The van der Waals surface area contributed by atoms with Crippen molar-refractivity contribution in [1.29, 1.82) is 0 Å². The number of likely N-dealkylation sites (tertiary alicyclic amines) is 1. The van der Waals surface area contributed by atoms with Crippen LogP contribution in [0.25, 0.3) is 22.7 Å². The molecule has 3 aliphatic rings. The fourth-order valence-corrected chi connectivity index (χ4v) is 5.80. The van der Waals surface area contributed by atoms with Crippen LogP contribution in [0.15, 0.2) is 59.1 Å². The quantitative estimate of drug-likeness (QED) is 0.270. The monoisotopic (exact) mass is 593 g/mol. The normalized spacial score (nSPS) is 20.1. The van der Waals surface area contributed by atoms with Gasteiger partial charge in [-0.05, 0) is 74.2 Å². The molecular weight excluding hydrogens is 558 g/mol. The van der Waals surface area contributed by atoms with Gasteiger partial charge in [-0.15, -0.1) is 0 Å². The Hall–Kier alpha value is -4.80. The zero-order valence-corrected chi connectivity index (χ0v) is 25.1. The van der Waals surface area contributed by atoms with Gasteiger partial charge in [0.05, 0.1) is 17.9 Å². The van der Waals surface area contributed by atoms with Crippen LogP contribution < -0.4 is 10.1 Å². The van der Waals surface area contributed by atoms with Crippen LogP contribution in [-0.2, 0) is 11.3 Å². The summed E-state index contributed by atoms with van der Waals surface area (Å²) in [6, 6.07) is 17.7. The molecule has 2 atom stereocenters. The second-order valence-electron chi connectivity index (χ2n) is 12.3. The van der Waals surface area contributed by atoms with Crippen molar-refractivity contribution >= 4 is 11.9 Å². The molecule has 44 heavy (non-hydrogen) atoms. The molecule has 2 aromatic heterocycles. The minimum atomic E-state index is -0.102. The van der Waals surface area contributed by atoms with Gasteiger partial charge in [0, 0.05) is 54.2 Å². The first kappa shape index (κ1) is 28.0. The summed E-state index contributed by atoms with van der Waals surface area (Å²) in [5.41, 5.74) is 4.21. The van der Waals surface area contributed by atoms with E-state index in [1.165, 1.54) is 0 Å². The Morgan fingerprint density at radius 3 is 2.48 bits per heavy atom. The Morgan fingerprint density at radius 2 is 1.80 bits per heavy atom. The topological polar surface area (TPSA) is 127 Å². The molecule has 2 aromatic carbocycles. The minimum absolute atomic E-state index is 0.0731. The van der Waals surface area contributed by atoms with Gasteiger partial charge in [-0.2, -0.15) is 15.2 Å². The lowest BCUT2D eigenvalue weighted by Gasteiger charge is -2.18. The van der Waals surface area contributed by atoms with Crippen LogP contribution in [0.1, 0.15) is 69.0 Å². The van der Waals surface area contributed by atoms with Crippen molar-refractivity contribution in [1.82, 2.24) is 35.5 Å². The molecule has 2 unspecified atom stereocenters. The Kier molecular flexibility index (Phi) is 7.23. The zero-order chi connectivity index (χ0) is 30.4. The lowest BCUT2D eigenvalue weighted by Crippen LogP contribution is -2.28. The highest BCUT2D eigenvalue weighted by molar-refractivity contribution is 5.80. The van der Waals surface area contributed by atoms with Gasteiger partial charge in [0.2, 0.25) is 5.91 Å². The van der Waals surface area contributed by atoms with Crippen molar-refractivity contribution in [3.8, 4) is 34.2 Å². The summed E-state index contributed by atoms with van der Waals surface area (Å²) in [6.45, 7) is 7.79. The van der Waals surface area contributed by atoms with Crippen molar-refractivity contribution in [3.05, 3.63) is 71.7 Å². The fourth-order valence-electron chi connectivity index (χ4n) is 5.80. The molecule has 3 amide bonds. The molecule has 1 saturated carbocycles. The van der Waals surface area contributed by atoms with Crippen molar-refractivity contribution in [2.24, 2.45) is 0 Å².